The molecule has 1 heterocycles. The largest absolute Gasteiger partial charge is 0.377 e. The molecule has 0 saturated carbocycles. The van der Waals surface area contributed by atoms with Gasteiger partial charge < -0.3 is 9.64 Å². The number of nitrogens with zero attached hydrogens (tertiary/aromatic N) is 1. The quantitative estimate of drug-likeness (QED) is 0.834. The number of benzene rings is 1. The fourth-order valence-electron chi connectivity index (χ4n) is 2.33. The van der Waals surface area contributed by atoms with Crippen molar-refractivity contribution in [1.82, 2.24) is 4.90 Å². The zero-order valence-electron chi connectivity index (χ0n) is 11.1. The molecule has 1 fully saturated rings. The lowest BCUT2D eigenvalue weighted by Crippen LogP contribution is -2.47. The van der Waals surface area contributed by atoms with Gasteiger partial charge in [-0.2, -0.15) is 0 Å². The van der Waals surface area contributed by atoms with Crippen LogP contribution in [0.4, 0.5) is 0 Å². The minimum Gasteiger partial charge on any atom is -0.377 e. The van der Waals surface area contributed by atoms with Gasteiger partial charge in [-0.3, -0.25) is 4.21 Å². The Morgan fingerprint density at radius 2 is 1.89 bits per heavy atom. The van der Waals surface area contributed by atoms with Gasteiger partial charge in [0, 0.05) is 25.1 Å². The van der Waals surface area contributed by atoms with E-state index < -0.39 is 10.8 Å². The fraction of sp³-hybridized carbons (Fsp3) is 0.571. The Hall–Kier alpha value is -0.710. The highest BCUT2D eigenvalue weighted by Gasteiger charge is 2.35. The number of rotatable bonds is 4. The standard InChI is InChI=1S/C14H21NO2S/c1-15-10-8-14(17-2,9-11-15)12-18(16)13-6-4-3-5-7-13/h3-7H,8-12H2,1-2H3. The van der Waals surface area contributed by atoms with Crippen molar-refractivity contribution in [2.24, 2.45) is 0 Å². The van der Waals surface area contributed by atoms with Gasteiger partial charge in [-0.05, 0) is 32.0 Å². The molecule has 1 aliphatic rings. The molecule has 0 N–H and O–H groups in total. The maximum Gasteiger partial charge on any atom is 0.0821 e. The normalized spacial score (nSPS) is 21.7. The molecule has 0 radical (unpaired) electrons. The van der Waals surface area contributed by atoms with Crippen molar-refractivity contribution in [2.75, 3.05) is 33.0 Å². The summed E-state index contributed by atoms with van der Waals surface area (Å²) in [4.78, 5) is 3.19. The van der Waals surface area contributed by atoms with Crippen LogP contribution in [0.2, 0.25) is 0 Å². The number of hydrogen-bond donors (Lipinski definition) is 0. The second-order valence-electron chi connectivity index (χ2n) is 4.99. The first-order chi connectivity index (χ1) is 8.65. The first-order valence-electron chi connectivity index (χ1n) is 6.32. The molecule has 1 saturated heterocycles. The van der Waals surface area contributed by atoms with E-state index in [0.717, 1.165) is 30.8 Å². The number of hydrogen-bond acceptors (Lipinski definition) is 3. The van der Waals surface area contributed by atoms with Crippen LogP contribution in [0.15, 0.2) is 35.2 Å². The summed E-state index contributed by atoms with van der Waals surface area (Å²) in [5, 5.41) is 0. The molecule has 1 atom stereocenters. The van der Waals surface area contributed by atoms with E-state index in [1.165, 1.54) is 0 Å². The van der Waals surface area contributed by atoms with Gasteiger partial charge in [0.25, 0.3) is 0 Å². The highest BCUT2D eigenvalue weighted by Crippen LogP contribution is 2.27. The summed E-state index contributed by atoms with van der Waals surface area (Å²) >= 11 is 0. The number of likely N-dealkylation sites (tertiary alicyclic amines) is 1. The predicted molar refractivity (Wildman–Crippen MR) is 74.2 cm³/mol. The summed E-state index contributed by atoms with van der Waals surface area (Å²) in [5.41, 5.74) is -0.215. The van der Waals surface area contributed by atoms with Gasteiger partial charge in [-0.1, -0.05) is 18.2 Å². The summed E-state index contributed by atoms with van der Waals surface area (Å²) in [6.45, 7) is 2.03. The monoisotopic (exact) mass is 267 g/mol. The average molecular weight is 267 g/mol. The van der Waals surface area contributed by atoms with E-state index in [2.05, 4.69) is 11.9 Å². The lowest BCUT2D eigenvalue weighted by Gasteiger charge is -2.39. The first-order valence-corrected chi connectivity index (χ1v) is 7.64. The molecular weight excluding hydrogens is 246 g/mol. The van der Waals surface area contributed by atoms with Gasteiger partial charge in [0.15, 0.2) is 0 Å². The molecule has 1 unspecified atom stereocenters. The van der Waals surface area contributed by atoms with Crippen molar-refractivity contribution < 1.29 is 8.95 Å². The van der Waals surface area contributed by atoms with Gasteiger partial charge >= 0.3 is 0 Å². The van der Waals surface area contributed by atoms with Gasteiger partial charge in [-0.25, -0.2) is 0 Å². The number of methoxy groups -OCH3 is 1. The van der Waals surface area contributed by atoms with E-state index in [1.807, 2.05) is 30.3 Å². The molecule has 0 spiro atoms. The van der Waals surface area contributed by atoms with Crippen molar-refractivity contribution in [1.29, 1.82) is 0 Å². The van der Waals surface area contributed by atoms with Crippen LogP contribution in [0.3, 0.4) is 0 Å². The van der Waals surface area contributed by atoms with Gasteiger partial charge in [0.2, 0.25) is 0 Å². The van der Waals surface area contributed by atoms with E-state index >= 15 is 0 Å². The van der Waals surface area contributed by atoms with Crippen LogP contribution in [0.1, 0.15) is 12.8 Å². The Kier molecular flexibility index (Phi) is 4.54. The molecule has 0 amide bonds. The van der Waals surface area contributed by atoms with E-state index in [9.17, 15) is 4.21 Å². The van der Waals surface area contributed by atoms with Crippen LogP contribution in [0.25, 0.3) is 0 Å². The van der Waals surface area contributed by atoms with Crippen LogP contribution in [-0.2, 0) is 15.5 Å². The van der Waals surface area contributed by atoms with Gasteiger partial charge in [0.05, 0.1) is 22.2 Å². The summed E-state index contributed by atoms with van der Waals surface area (Å²) in [6, 6.07) is 9.66. The molecule has 1 aliphatic heterocycles. The maximum atomic E-state index is 12.4. The molecule has 0 bridgehead atoms. The average Bonchev–Trinajstić information content (AvgIpc) is 2.43. The van der Waals surface area contributed by atoms with Crippen molar-refractivity contribution >= 4 is 10.8 Å². The van der Waals surface area contributed by atoms with Crippen LogP contribution in [0.5, 0.6) is 0 Å². The molecular formula is C14H21NO2S. The Morgan fingerprint density at radius 3 is 2.44 bits per heavy atom. The molecule has 100 valence electrons. The molecule has 1 aromatic rings. The lowest BCUT2D eigenvalue weighted by atomic mass is 9.93. The minimum absolute atomic E-state index is 0.215. The second kappa shape index (κ2) is 5.95. The van der Waals surface area contributed by atoms with E-state index in [4.69, 9.17) is 4.74 Å². The van der Waals surface area contributed by atoms with Crippen LogP contribution in [0, 0.1) is 0 Å². The van der Waals surface area contributed by atoms with E-state index in [0.29, 0.717) is 5.75 Å². The Bertz CT molecular complexity index is 400. The number of piperidine rings is 1. The Balaban J connectivity index is 2.05. The number of ether oxygens (including phenoxy) is 1. The van der Waals surface area contributed by atoms with Crippen LogP contribution in [-0.4, -0.2) is 47.7 Å². The maximum absolute atomic E-state index is 12.4. The molecule has 18 heavy (non-hydrogen) atoms. The molecule has 3 nitrogen and oxygen atoms in total. The molecule has 0 aromatic heterocycles. The second-order valence-corrected chi connectivity index (χ2v) is 6.44. The van der Waals surface area contributed by atoms with Crippen molar-refractivity contribution in [2.45, 2.75) is 23.3 Å². The SMILES string of the molecule is COC1(CS(=O)c2ccccc2)CCN(C)CC1. The Labute approximate surface area is 112 Å². The van der Waals surface area contributed by atoms with Gasteiger partial charge in [0.1, 0.15) is 0 Å². The summed E-state index contributed by atoms with van der Waals surface area (Å²) in [5.74, 6) is 0.599. The van der Waals surface area contributed by atoms with Crippen LogP contribution >= 0.6 is 0 Å². The molecule has 1 aromatic carbocycles. The van der Waals surface area contributed by atoms with Crippen molar-refractivity contribution in [3.05, 3.63) is 30.3 Å². The minimum atomic E-state index is -0.975. The molecule has 0 aliphatic carbocycles. The summed E-state index contributed by atoms with van der Waals surface area (Å²) in [7, 11) is 2.89. The highest BCUT2D eigenvalue weighted by molar-refractivity contribution is 7.85. The van der Waals surface area contributed by atoms with Gasteiger partial charge in [-0.15, -0.1) is 0 Å². The zero-order chi connectivity index (χ0) is 13.0. The topological polar surface area (TPSA) is 29.5 Å². The van der Waals surface area contributed by atoms with Crippen LogP contribution < -0.4 is 0 Å². The third-order valence-electron chi connectivity index (χ3n) is 3.73. The predicted octanol–water partition coefficient (Wildman–Crippen LogP) is 1.91. The van der Waals surface area contributed by atoms with E-state index in [1.54, 1.807) is 7.11 Å². The zero-order valence-corrected chi connectivity index (χ0v) is 11.9. The van der Waals surface area contributed by atoms with E-state index in [-0.39, 0.29) is 5.60 Å². The summed E-state index contributed by atoms with van der Waals surface area (Å²) < 4.78 is 18.1. The smallest absolute Gasteiger partial charge is 0.0821 e. The Morgan fingerprint density at radius 1 is 1.28 bits per heavy atom. The molecule has 2 rings (SSSR count). The third-order valence-corrected chi connectivity index (χ3v) is 5.32. The first kappa shape index (κ1) is 13.7. The van der Waals surface area contributed by atoms with Crippen molar-refractivity contribution in [3.63, 3.8) is 0 Å². The highest BCUT2D eigenvalue weighted by atomic mass is 32.2. The van der Waals surface area contributed by atoms with Crippen molar-refractivity contribution in [3.8, 4) is 0 Å². The summed E-state index contributed by atoms with van der Waals surface area (Å²) in [6.07, 6.45) is 1.91. The third kappa shape index (κ3) is 3.19. The molecule has 4 heteroatoms. The fourth-order valence-corrected chi connectivity index (χ4v) is 3.84. The lowest BCUT2D eigenvalue weighted by molar-refractivity contribution is -0.0349.